The van der Waals surface area contributed by atoms with Crippen molar-refractivity contribution in [3.63, 3.8) is 0 Å². The van der Waals surface area contributed by atoms with E-state index in [4.69, 9.17) is 0 Å². The van der Waals surface area contributed by atoms with Gasteiger partial charge >= 0.3 is 0 Å². The van der Waals surface area contributed by atoms with Gasteiger partial charge in [-0.15, -0.1) is 0 Å². The molecule has 1 heterocycles. The molecular weight excluding hydrogens is 206 g/mol. The fourth-order valence-electron chi connectivity index (χ4n) is 1.16. The topological polar surface area (TPSA) is 70.6 Å². The number of hydrogen-bond donors (Lipinski definition) is 2. The van der Waals surface area contributed by atoms with Crippen LogP contribution in [0.15, 0.2) is 22.5 Å². The minimum Gasteiger partial charge on any atom is -0.352 e. The summed E-state index contributed by atoms with van der Waals surface area (Å²) in [5.74, 6) is -0.589. The van der Waals surface area contributed by atoms with E-state index in [9.17, 15) is 9.59 Å². The van der Waals surface area contributed by atoms with Gasteiger partial charge in [0.25, 0.3) is 11.8 Å². The lowest BCUT2D eigenvalue weighted by molar-refractivity contribution is -0.116. The summed E-state index contributed by atoms with van der Waals surface area (Å²) < 4.78 is 0. The van der Waals surface area contributed by atoms with Crippen molar-refractivity contribution in [2.45, 2.75) is 26.2 Å². The average Bonchev–Trinajstić information content (AvgIpc) is 2.67. The van der Waals surface area contributed by atoms with E-state index in [-0.39, 0.29) is 17.5 Å². The van der Waals surface area contributed by atoms with Gasteiger partial charge in [-0.3, -0.25) is 9.59 Å². The van der Waals surface area contributed by atoms with Crippen molar-refractivity contribution in [2.75, 3.05) is 6.54 Å². The Bertz CT molecular complexity index is 365. The molecule has 0 atom stereocenters. The lowest BCUT2D eigenvalue weighted by Gasteiger charge is -1.99. The molecule has 1 aliphatic rings. The van der Waals surface area contributed by atoms with Gasteiger partial charge in [0.05, 0.1) is 6.34 Å². The molecule has 0 bridgehead atoms. The minimum absolute atomic E-state index is 0.128. The zero-order valence-corrected chi connectivity index (χ0v) is 9.25. The van der Waals surface area contributed by atoms with E-state index in [2.05, 4.69) is 28.3 Å². The fraction of sp³-hybridized carbons (Fsp3) is 0.455. The highest BCUT2D eigenvalue weighted by molar-refractivity contribution is 6.05. The summed E-state index contributed by atoms with van der Waals surface area (Å²) in [6.45, 7) is 2.75. The highest BCUT2D eigenvalue weighted by Gasteiger charge is 2.10. The molecule has 5 nitrogen and oxygen atoms in total. The molecule has 5 heteroatoms. The second kappa shape index (κ2) is 6.58. The SMILES string of the molecule is CCCCCNC(=O)C=C=C1N=CNC1=O. The van der Waals surface area contributed by atoms with Crippen molar-refractivity contribution < 1.29 is 9.59 Å². The first-order chi connectivity index (χ1) is 7.74. The normalized spacial score (nSPS) is 13.3. The highest BCUT2D eigenvalue weighted by atomic mass is 16.2. The minimum atomic E-state index is -0.338. The second-order valence-corrected chi connectivity index (χ2v) is 3.37. The fourth-order valence-corrected chi connectivity index (χ4v) is 1.16. The molecular formula is C11H15N3O2. The van der Waals surface area contributed by atoms with Gasteiger partial charge in [0.15, 0.2) is 5.70 Å². The molecule has 0 spiro atoms. The number of nitrogens with zero attached hydrogens (tertiary/aromatic N) is 1. The van der Waals surface area contributed by atoms with Crippen molar-refractivity contribution in [3.05, 3.63) is 17.5 Å². The van der Waals surface area contributed by atoms with Crippen molar-refractivity contribution >= 4 is 18.2 Å². The Hall–Kier alpha value is -1.87. The average molecular weight is 221 g/mol. The monoisotopic (exact) mass is 221 g/mol. The maximum atomic E-state index is 11.2. The van der Waals surface area contributed by atoms with Crippen molar-refractivity contribution in [3.8, 4) is 0 Å². The predicted molar refractivity (Wildman–Crippen MR) is 60.8 cm³/mol. The number of carbonyl (C=O) groups is 2. The third-order valence-corrected chi connectivity index (χ3v) is 2.02. The summed E-state index contributed by atoms with van der Waals surface area (Å²) in [5.41, 5.74) is 2.67. The summed E-state index contributed by atoms with van der Waals surface area (Å²) in [7, 11) is 0. The molecule has 0 aromatic carbocycles. The molecule has 1 rings (SSSR count). The number of nitrogens with one attached hydrogen (secondary N) is 2. The van der Waals surface area contributed by atoms with Gasteiger partial charge in [0, 0.05) is 12.6 Å². The Morgan fingerprint density at radius 3 is 3.06 bits per heavy atom. The molecule has 0 saturated heterocycles. The second-order valence-electron chi connectivity index (χ2n) is 3.37. The summed E-state index contributed by atoms with van der Waals surface area (Å²) in [5, 5.41) is 5.07. The molecule has 2 amide bonds. The van der Waals surface area contributed by atoms with Crippen molar-refractivity contribution in [1.82, 2.24) is 10.6 Å². The van der Waals surface area contributed by atoms with Crippen LogP contribution in [0.1, 0.15) is 26.2 Å². The van der Waals surface area contributed by atoms with Gasteiger partial charge in [-0.2, -0.15) is 0 Å². The van der Waals surface area contributed by atoms with E-state index in [0.717, 1.165) is 19.3 Å². The molecule has 0 fully saturated rings. The third kappa shape index (κ3) is 4.11. The lowest BCUT2D eigenvalue weighted by Crippen LogP contribution is -2.22. The molecule has 86 valence electrons. The van der Waals surface area contributed by atoms with Crippen molar-refractivity contribution in [2.24, 2.45) is 4.99 Å². The summed E-state index contributed by atoms with van der Waals surface area (Å²) in [4.78, 5) is 25.9. The first kappa shape index (κ1) is 12.2. The van der Waals surface area contributed by atoms with E-state index in [0.29, 0.717) is 6.54 Å². The molecule has 0 aromatic rings. The Kier molecular flexibility index (Phi) is 5.02. The smallest absolute Gasteiger partial charge is 0.283 e. The van der Waals surface area contributed by atoms with Gasteiger partial charge in [0.1, 0.15) is 0 Å². The first-order valence-electron chi connectivity index (χ1n) is 5.32. The molecule has 0 saturated carbocycles. The van der Waals surface area contributed by atoms with Crippen LogP contribution >= 0.6 is 0 Å². The van der Waals surface area contributed by atoms with E-state index in [1.54, 1.807) is 0 Å². The number of rotatable bonds is 5. The van der Waals surface area contributed by atoms with Crippen LogP contribution in [0.3, 0.4) is 0 Å². The Morgan fingerprint density at radius 2 is 2.44 bits per heavy atom. The van der Waals surface area contributed by atoms with E-state index in [1.807, 2.05) is 0 Å². The van der Waals surface area contributed by atoms with Crippen molar-refractivity contribution in [1.29, 1.82) is 0 Å². The lowest BCUT2D eigenvalue weighted by atomic mass is 10.2. The van der Waals surface area contributed by atoms with E-state index >= 15 is 0 Å². The maximum Gasteiger partial charge on any atom is 0.283 e. The van der Waals surface area contributed by atoms with E-state index in [1.165, 1.54) is 12.4 Å². The zero-order chi connectivity index (χ0) is 11.8. The predicted octanol–water partition coefficient (Wildman–Crippen LogP) is 0.490. The van der Waals surface area contributed by atoms with Gasteiger partial charge in [-0.1, -0.05) is 25.5 Å². The van der Waals surface area contributed by atoms with Crippen LogP contribution in [0.4, 0.5) is 0 Å². The number of unbranched alkanes of at least 4 members (excludes halogenated alkanes) is 2. The number of aliphatic imine (C=N–C) groups is 1. The Labute approximate surface area is 94.3 Å². The molecule has 2 N–H and O–H groups in total. The number of carbonyl (C=O) groups excluding carboxylic acids is 2. The molecule has 0 radical (unpaired) electrons. The quantitative estimate of drug-likeness (QED) is 0.403. The van der Waals surface area contributed by atoms with Crippen LogP contribution < -0.4 is 10.6 Å². The largest absolute Gasteiger partial charge is 0.352 e. The van der Waals surface area contributed by atoms with Crippen LogP contribution in [-0.2, 0) is 9.59 Å². The summed E-state index contributed by atoms with van der Waals surface area (Å²) in [6, 6.07) is 0. The van der Waals surface area contributed by atoms with Crippen LogP contribution in [0.5, 0.6) is 0 Å². The Balaban J connectivity index is 2.36. The van der Waals surface area contributed by atoms with E-state index < -0.39 is 0 Å². The highest BCUT2D eigenvalue weighted by Crippen LogP contribution is 1.97. The van der Waals surface area contributed by atoms with Gasteiger partial charge in [-0.25, -0.2) is 4.99 Å². The van der Waals surface area contributed by atoms with Gasteiger partial charge < -0.3 is 10.6 Å². The van der Waals surface area contributed by atoms with Gasteiger partial charge in [-0.05, 0) is 6.42 Å². The summed E-state index contributed by atoms with van der Waals surface area (Å²) >= 11 is 0. The molecule has 0 aromatic heterocycles. The molecule has 16 heavy (non-hydrogen) atoms. The maximum absolute atomic E-state index is 11.2. The first-order valence-corrected chi connectivity index (χ1v) is 5.32. The third-order valence-electron chi connectivity index (χ3n) is 2.02. The van der Waals surface area contributed by atoms with Crippen LogP contribution in [0.25, 0.3) is 0 Å². The summed E-state index contributed by atoms with van der Waals surface area (Å²) in [6.07, 6.45) is 5.65. The Morgan fingerprint density at radius 1 is 1.62 bits per heavy atom. The number of hydrogen-bond acceptors (Lipinski definition) is 3. The van der Waals surface area contributed by atoms with Crippen LogP contribution in [0, 0.1) is 0 Å². The standard InChI is InChI=1S/C11H15N3O2/c1-2-3-4-7-12-10(15)6-5-9-11(16)14-8-13-9/h6,8H,2-4,7H2,1H3,(H,12,15)(H,13,14,16). The van der Waals surface area contributed by atoms with Crippen LogP contribution in [0.2, 0.25) is 0 Å². The molecule has 0 unspecified atom stereocenters. The number of amides is 2. The van der Waals surface area contributed by atoms with Gasteiger partial charge in [0.2, 0.25) is 0 Å². The molecule has 0 aliphatic carbocycles. The molecule has 1 aliphatic heterocycles. The van der Waals surface area contributed by atoms with Crippen LogP contribution in [-0.4, -0.2) is 24.7 Å². The zero-order valence-electron chi connectivity index (χ0n) is 9.25.